The van der Waals surface area contributed by atoms with Gasteiger partial charge in [-0.25, -0.2) is 13.1 Å². The van der Waals surface area contributed by atoms with E-state index < -0.39 is 10.0 Å². The number of aromatic nitrogens is 1. The fourth-order valence-corrected chi connectivity index (χ4v) is 3.99. The average molecular weight is 335 g/mol. The second-order valence-electron chi connectivity index (χ2n) is 5.97. The van der Waals surface area contributed by atoms with Gasteiger partial charge in [0.25, 0.3) is 0 Å². The Morgan fingerprint density at radius 3 is 2.91 bits per heavy atom. The largest absolute Gasteiger partial charge is 0.468 e. The summed E-state index contributed by atoms with van der Waals surface area (Å²) in [5.41, 5.74) is 1.10. The van der Waals surface area contributed by atoms with Crippen molar-refractivity contribution in [3.05, 3.63) is 54.2 Å². The van der Waals surface area contributed by atoms with Gasteiger partial charge in [-0.3, -0.25) is 9.88 Å². The van der Waals surface area contributed by atoms with Gasteiger partial charge < -0.3 is 4.42 Å². The summed E-state index contributed by atoms with van der Waals surface area (Å²) >= 11 is 0. The quantitative estimate of drug-likeness (QED) is 0.864. The summed E-state index contributed by atoms with van der Waals surface area (Å²) in [6, 6.07) is 7.72. The topological polar surface area (TPSA) is 75.4 Å². The van der Waals surface area contributed by atoms with Crippen LogP contribution in [0.2, 0.25) is 0 Å². The number of furan rings is 1. The number of rotatable bonds is 6. The highest BCUT2D eigenvalue weighted by atomic mass is 32.2. The van der Waals surface area contributed by atoms with E-state index in [1.807, 2.05) is 30.5 Å². The van der Waals surface area contributed by atoms with Crippen LogP contribution in [0.1, 0.15) is 17.7 Å². The monoisotopic (exact) mass is 335 g/mol. The molecular weight excluding hydrogens is 314 g/mol. The van der Waals surface area contributed by atoms with Gasteiger partial charge in [-0.15, -0.1) is 0 Å². The summed E-state index contributed by atoms with van der Waals surface area (Å²) in [6.07, 6.45) is 7.99. The number of nitrogens with zero attached hydrogens (tertiary/aromatic N) is 2. The molecule has 124 valence electrons. The van der Waals surface area contributed by atoms with Crippen LogP contribution in [0.15, 0.2) is 47.3 Å². The minimum Gasteiger partial charge on any atom is -0.468 e. The Kier molecular flexibility index (Phi) is 4.79. The number of likely N-dealkylation sites (tertiary alicyclic amines) is 1. The first-order valence-electron chi connectivity index (χ1n) is 7.64. The lowest BCUT2D eigenvalue weighted by atomic mass is 10.0. The highest BCUT2D eigenvalue weighted by molar-refractivity contribution is 7.88. The van der Waals surface area contributed by atoms with Gasteiger partial charge in [0, 0.05) is 31.0 Å². The molecule has 1 aliphatic rings. The van der Waals surface area contributed by atoms with E-state index in [1.54, 1.807) is 12.5 Å². The van der Waals surface area contributed by atoms with Crippen LogP contribution in [-0.2, 0) is 23.0 Å². The third-order valence-electron chi connectivity index (χ3n) is 4.13. The van der Waals surface area contributed by atoms with Crippen molar-refractivity contribution in [1.82, 2.24) is 14.6 Å². The zero-order valence-electron chi connectivity index (χ0n) is 13.1. The Labute approximate surface area is 136 Å². The van der Waals surface area contributed by atoms with Gasteiger partial charge >= 0.3 is 0 Å². The second-order valence-corrected chi connectivity index (χ2v) is 7.75. The molecule has 0 aliphatic carbocycles. The van der Waals surface area contributed by atoms with Crippen LogP contribution in [-0.4, -0.2) is 43.2 Å². The summed E-state index contributed by atoms with van der Waals surface area (Å²) < 4.78 is 31.5. The normalized spacial score (nSPS) is 22.5. The van der Waals surface area contributed by atoms with Crippen LogP contribution in [0, 0.1) is 0 Å². The van der Waals surface area contributed by atoms with Crippen molar-refractivity contribution >= 4 is 10.0 Å². The van der Waals surface area contributed by atoms with Crippen molar-refractivity contribution in [2.45, 2.75) is 31.5 Å². The number of hydrogen-bond acceptors (Lipinski definition) is 5. The molecule has 0 bridgehead atoms. The number of nitrogens with one attached hydrogen (secondary N) is 1. The van der Waals surface area contributed by atoms with Gasteiger partial charge in [-0.1, -0.05) is 6.07 Å². The molecule has 6 nitrogen and oxygen atoms in total. The molecule has 23 heavy (non-hydrogen) atoms. The molecule has 1 N–H and O–H groups in total. The zero-order valence-corrected chi connectivity index (χ0v) is 13.9. The van der Waals surface area contributed by atoms with E-state index in [0.29, 0.717) is 6.54 Å². The van der Waals surface area contributed by atoms with Gasteiger partial charge in [0.05, 0.1) is 19.1 Å². The molecule has 0 spiro atoms. The molecule has 2 aromatic heterocycles. The van der Waals surface area contributed by atoms with Gasteiger partial charge in [0.15, 0.2) is 0 Å². The maximum Gasteiger partial charge on any atom is 0.209 e. The average Bonchev–Trinajstić information content (AvgIpc) is 3.12. The minimum atomic E-state index is -3.23. The van der Waals surface area contributed by atoms with Crippen molar-refractivity contribution in [3.8, 4) is 0 Å². The molecular formula is C16H21N3O3S. The fraction of sp³-hybridized carbons (Fsp3) is 0.438. The Morgan fingerprint density at radius 2 is 2.26 bits per heavy atom. The summed E-state index contributed by atoms with van der Waals surface area (Å²) in [7, 11) is -3.23. The Bertz CT molecular complexity index is 716. The first kappa shape index (κ1) is 16.2. The summed E-state index contributed by atoms with van der Waals surface area (Å²) in [4.78, 5) is 6.42. The van der Waals surface area contributed by atoms with Crippen LogP contribution < -0.4 is 4.72 Å². The summed E-state index contributed by atoms with van der Waals surface area (Å²) in [6.45, 7) is 1.51. The predicted octanol–water partition coefficient (Wildman–Crippen LogP) is 1.41. The van der Waals surface area contributed by atoms with E-state index >= 15 is 0 Å². The van der Waals surface area contributed by atoms with E-state index in [0.717, 1.165) is 30.7 Å². The fourth-order valence-electron chi connectivity index (χ4n) is 3.16. The van der Waals surface area contributed by atoms with Crippen LogP contribution in [0.5, 0.6) is 0 Å². The van der Waals surface area contributed by atoms with Gasteiger partial charge in [0.2, 0.25) is 10.0 Å². The first-order chi connectivity index (χ1) is 11.0. The van der Waals surface area contributed by atoms with E-state index in [9.17, 15) is 8.42 Å². The minimum absolute atomic E-state index is 0.0824. The van der Waals surface area contributed by atoms with Gasteiger partial charge in [-0.05, 0) is 36.6 Å². The molecule has 1 saturated heterocycles. The lowest BCUT2D eigenvalue weighted by Crippen LogP contribution is -2.45. The van der Waals surface area contributed by atoms with Gasteiger partial charge in [0.1, 0.15) is 5.76 Å². The zero-order chi connectivity index (χ0) is 16.3. The van der Waals surface area contributed by atoms with Crippen LogP contribution in [0.3, 0.4) is 0 Å². The van der Waals surface area contributed by atoms with E-state index in [1.165, 1.54) is 6.26 Å². The third kappa shape index (κ3) is 4.40. The van der Waals surface area contributed by atoms with Crippen molar-refractivity contribution in [1.29, 1.82) is 0 Å². The van der Waals surface area contributed by atoms with Gasteiger partial charge in [-0.2, -0.15) is 0 Å². The Hall–Kier alpha value is -1.70. The van der Waals surface area contributed by atoms with Crippen molar-refractivity contribution in [2.75, 3.05) is 12.8 Å². The molecule has 0 saturated carbocycles. The highest BCUT2D eigenvalue weighted by Crippen LogP contribution is 2.24. The maximum atomic E-state index is 11.6. The van der Waals surface area contributed by atoms with Crippen molar-refractivity contribution < 1.29 is 12.8 Å². The third-order valence-corrected chi connectivity index (χ3v) is 4.86. The molecule has 1 fully saturated rings. The molecule has 1 aliphatic heterocycles. The van der Waals surface area contributed by atoms with Crippen LogP contribution in [0.4, 0.5) is 0 Å². The molecule has 0 radical (unpaired) electrons. The number of pyridine rings is 1. The standard InChI is InChI=1S/C16H21N3O3S/c1-23(20,21)18-15-6-8-19(12-14-5-3-9-22-14)16(15)10-13-4-2-7-17-11-13/h2-5,7,9,11,15-16,18H,6,8,10,12H2,1H3/t15-,16+/m1/s1. The molecule has 2 atom stereocenters. The molecule has 7 heteroatoms. The molecule has 2 aromatic rings. The first-order valence-corrected chi connectivity index (χ1v) is 9.53. The van der Waals surface area contributed by atoms with Crippen molar-refractivity contribution in [2.24, 2.45) is 0 Å². The predicted molar refractivity (Wildman–Crippen MR) is 87.2 cm³/mol. The highest BCUT2D eigenvalue weighted by Gasteiger charge is 2.36. The van der Waals surface area contributed by atoms with Crippen LogP contribution >= 0.6 is 0 Å². The lowest BCUT2D eigenvalue weighted by molar-refractivity contribution is 0.213. The molecule has 0 unspecified atom stereocenters. The molecule has 0 amide bonds. The number of sulfonamides is 1. The summed E-state index contributed by atoms with van der Waals surface area (Å²) in [5.74, 6) is 0.890. The smallest absolute Gasteiger partial charge is 0.209 e. The number of hydrogen-bond donors (Lipinski definition) is 1. The maximum absolute atomic E-state index is 11.6. The van der Waals surface area contributed by atoms with E-state index in [2.05, 4.69) is 14.6 Å². The Morgan fingerprint density at radius 1 is 1.39 bits per heavy atom. The lowest BCUT2D eigenvalue weighted by Gasteiger charge is -2.27. The summed E-state index contributed by atoms with van der Waals surface area (Å²) in [5, 5.41) is 0. The SMILES string of the molecule is CS(=O)(=O)N[C@@H]1CCN(Cc2ccco2)[C@H]1Cc1cccnc1. The van der Waals surface area contributed by atoms with E-state index in [4.69, 9.17) is 4.42 Å². The molecule has 3 rings (SSSR count). The molecule has 0 aromatic carbocycles. The molecule has 3 heterocycles. The van der Waals surface area contributed by atoms with E-state index in [-0.39, 0.29) is 12.1 Å². The van der Waals surface area contributed by atoms with Crippen LogP contribution in [0.25, 0.3) is 0 Å². The Balaban J connectivity index is 1.78. The van der Waals surface area contributed by atoms with Crippen molar-refractivity contribution in [3.63, 3.8) is 0 Å². The second kappa shape index (κ2) is 6.82.